The highest BCUT2D eigenvalue weighted by Crippen LogP contribution is 2.27. The molecule has 74 valence electrons. The van der Waals surface area contributed by atoms with Crippen LogP contribution >= 0.6 is 11.6 Å². The quantitative estimate of drug-likeness (QED) is 0.831. The molecule has 0 bridgehead atoms. The molecule has 14 heavy (non-hydrogen) atoms. The molecule has 0 saturated carbocycles. The lowest BCUT2D eigenvalue weighted by molar-refractivity contribution is 0.737. The number of nitrogens with zero attached hydrogens (tertiary/aromatic N) is 1. The molecular formula is C11H13ClN2. The maximum atomic E-state index is 8.58. The molecule has 1 atom stereocenters. The summed E-state index contributed by atoms with van der Waals surface area (Å²) in [5.41, 5.74) is 7.92. The van der Waals surface area contributed by atoms with Gasteiger partial charge >= 0.3 is 0 Å². The van der Waals surface area contributed by atoms with Gasteiger partial charge < -0.3 is 5.73 Å². The van der Waals surface area contributed by atoms with Crippen LogP contribution in [0.3, 0.4) is 0 Å². The van der Waals surface area contributed by atoms with Gasteiger partial charge in [0.1, 0.15) is 0 Å². The van der Waals surface area contributed by atoms with Crippen molar-refractivity contribution < 1.29 is 0 Å². The van der Waals surface area contributed by atoms with E-state index in [4.69, 9.17) is 22.6 Å². The summed E-state index contributed by atoms with van der Waals surface area (Å²) < 4.78 is 0. The summed E-state index contributed by atoms with van der Waals surface area (Å²) in [5.74, 6) is 0. The smallest absolute Gasteiger partial charge is 0.0641 e. The molecule has 3 heteroatoms. The SMILES string of the molecule is CCc1cccc(Cl)c1C(N)CC#N. The predicted octanol–water partition coefficient (Wildman–Crippen LogP) is 2.82. The van der Waals surface area contributed by atoms with Crippen molar-refractivity contribution in [3.05, 3.63) is 34.3 Å². The molecule has 0 spiro atoms. The van der Waals surface area contributed by atoms with Gasteiger partial charge in [0.15, 0.2) is 0 Å². The molecule has 0 fully saturated rings. The van der Waals surface area contributed by atoms with Crippen LogP contribution in [-0.2, 0) is 6.42 Å². The molecule has 0 aromatic heterocycles. The van der Waals surface area contributed by atoms with E-state index >= 15 is 0 Å². The maximum absolute atomic E-state index is 8.58. The zero-order valence-electron chi connectivity index (χ0n) is 8.13. The first kappa shape index (κ1) is 11.0. The van der Waals surface area contributed by atoms with E-state index in [-0.39, 0.29) is 6.04 Å². The lowest BCUT2D eigenvalue weighted by Crippen LogP contribution is -2.12. The predicted molar refractivity (Wildman–Crippen MR) is 58.0 cm³/mol. The molecule has 2 N–H and O–H groups in total. The Morgan fingerprint density at radius 2 is 2.29 bits per heavy atom. The van der Waals surface area contributed by atoms with Gasteiger partial charge in [-0.25, -0.2) is 0 Å². The van der Waals surface area contributed by atoms with Crippen LogP contribution in [0, 0.1) is 11.3 Å². The summed E-state index contributed by atoms with van der Waals surface area (Å²) in [6.07, 6.45) is 1.19. The fraction of sp³-hybridized carbons (Fsp3) is 0.364. The van der Waals surface area contributed by atoms with Crippen LogP contribution in [0.15, 0.2) is 18.2 Å². The van der Waals surface area contributed by atoms with E-state index < -0.39 is 0 Å². The van der Waals surface area contributed by atoms with Gasteiger partial charge in [0.2, 0.25) is 0 Å². The van der Waals surface area contributed by atoms with E-state index in [0.717, 1.165) is 17.5 Å². The van der Waals surface area contributed by atoms with Crippen LogP contribution < -0.4 is 5.73 Å². The van der Waals surface area contributed by atoms with Crippen LogP contribution in [0.25, 0.3) is 0 Å². The zero-order chi connectivity index (χ0) is 10.6. The summed E-state index contributed by atoms with van der Waals surface area (Å²) in [6.45, 7) is 2.05. The lowest BCUT2D eigenvalue weighted by atomic mass is 9.97. The highest BCUT2D eigenvalue weighted by atomic mass is 35.5. The molecule has 1 aromatic carbocycles. The second-order valence-electron chi connectivity index (χ2n) is 3.13. The Kier molecular flexibility index (Phi) is 3.94. The largest absolute Gasteiger partial charge is 0.323 e. The minimum atomic E-state index is -0.274. The second-order valence-corrected chi connectivity index (χ2v) is 3.54. The average Bonchev–Trinajstić information content (AvgIpc) is 2.17. The van der Waals surface area contributed by atoms with Gasteiger partial charge in [-0.05, 0) is 23.6 Å². The van der Waals surface area contributed by atoms with Crippen LogP contribution in [0.2, 0.25) is 5.02 Å². The number of hydrogen-bond acceptors (Lipinski definition) is 2. The normalized spacial score (nSPS) is 12.1. The molecule has 0 aliphatic carbocycles. The lowest BCUT2D eigenvalue weighted by Gasteiger charge is -2.14. The summed E-state index contributed by atoms with van der Waals surface area (Å²) in [4.78, 5) is 0. The van der Waals surface area contributed by atoms with E-state index in [1.807, 2.05) is 25.1 Å². The number of halogens is 1. The molecule has 2 nitrogen and oxygen atoms in total. The Balaban J connectivity index is 3.11. The number of hydrogen-bond donors (Lipinski definition) is 1. The number of nitrogens with two attached hydrogens (primary N) is 1. The molecule has 1 unspecified atom stereocenters. The molecule has 1 aromatic rings. The summed E-state index contributed by atoms with van der Waals surface area (Å²) in [7, 11) is 0. The fourth-order valence-electron chi connectivity index (χ4n) is 1.51. The monoisotopic (exact) mass is 208 g/mol. The number of aryl methyl sites for hydroxylation is 1. The van der Waals surface area contributed by atoms with Crippen molar-refractivity contribution in [3.8, 4) is 6.07 Å². The maximum Gasteiger partial charge on any atom is 0.0641 e. The van der Waals surface area contributed by atoms with Crippen LogP contribution in [0.5, 0.6) is 0 Å². The second kappa shape index (κ2) is 4.99. The van der Waals surface area contributed by atoms with Crippen molar-refractivity contribution in [1.82, 2.24) is 0 Å². The summed E-state index contributed by atoms with van der Waals surface area (Å²) in [6, 6.07) is 7.50. The van der Waals surface area contributed by atoms with Crippen LogP contribution in [0.4, 0.5) is 0 Å². The highest BCUT2D eigenvalue weighted by Gasteiger charge is 2.13. The molecule has 0 aliphatic heterocycles. The number of rotatable bonds is 3. The number of benzene rings is 1. The minimum Gasteiger partial charge on any atom is -0.323 e. The first-order chi connectivity index (χ1) is 6.70. The first-order valence-electron chi connectivity index (χ1n) is 4.60. The van der Waals surface area contributed by atoms with Crippen LogP contribution in [-0.4, -0.2) is 0 Å². The summed E-state index contributed by atoms with van der Waals surface area (Å²) >= 11 is 6.05. The molecule has 0 saturated heterocycles. The highest BCUT2D eigenvalue weighted by molar-refractivity contribution is 6.31. The molecule has 1 rings (SSSR count). The molecular weight excluding hydrogens is 196 g/mol. The van der Waals surface area contributed by atoms with Gasteiger partial charge in [-0.1, -0.05) is 30.7 Å². The van der Waals surface area contributed by atoms with Crippen molar-refractivity contribution in [2.75, 3.05) is 0 Å². The van der Waals surface area contributed by atoms with Gasteiger partial charge in [0.05, 0.1) is 12.5 Å². The minimum absolute atomic E-state index is 0.274. The van der Waals surface area contributed by atoms with Crippen molar-refractivity contribution >= 4 is 11.6 Å². The molecule has 0 aliphatic rings. The van der Waals surface area contributed by atoms with Crippen molar-refractivity contribution in [2.24, 2.45) is 5.73 Å². The van der Waals surface area contributed by atoms with Gasteiger partial charge in [-0.3, -0.25) is 0 Å². The molecule has 0 radical (unpaired) electrons. The van der Waals surface area contributed by atoms with E-state index in [9.17, 15) is 0 Å². The Morgan fingerprint density at radius 3 is 2.86 bits per heavy atom. The van der Waals surface area contributed by atoms with Gasteiger partial charge in [0.25, 0.3) is 0 Å². The Bertz CT molecular complexity index is 355. The van der Waals surface area contributed by atoms with E-state index in [1.165, 1.54) is 0 Å². The van der Waals surface area contributed by atoms with E-state index in [0.29, 0.717) is 11.4 Å². The average molecular weight is 209 g/mol. The zero-order valence-corrected chi connectivity index (χ0v) is 8.88. The van der Waals surface area contributed by atoms with Crippen LogP contribution in [0.1, 0.15) is 30.5 Å². The van der Waals surface area contributed by atoms with Crippen molar-refractivity contribution in [2.45, 2.75) is 25.8 Å². The van der Waals surface area contributed by atoms with Gasteiger partial charge in [0, 0.05) is 11.1 Å². The van der Waals surface area contributed by atoms with Gasteiger partial charge in [-0.15, -0.1) is 0 Å². The van der Waals surface area contributed by atoms with E-state index in [2.05, 4.69) is 6.07 Å². The van der Waals surface area contributed by atoms with Crippen molar-refractivity contribution in [3.63, 3.8) is 0 Å². The third-order valence-corrected chi connectivity index (χ3v) is 2.54. The molecule has 0 heterocycles. The third kappa shape index (κ3) is 2.25. The third-order valence-electron chi connectivity index (χ3n) is 2.21. The Morgan fingerprint density at radius 1 is 1.57 bits per heavy atom. The molecule has 0 amide bonds. The number of nitriles is 1. The summed E-state index contributed by atoms with van der Waals surface area (Å²) in [5, 5.41) is 9.24. The van der Waals surface area contributed by atoms with E-state index in [1.54, 1.807) is 0 Å². The first-order valence-corrected chi connectivity index (χ1v) is 4.98. The fourth-order valence-corrected chi connectivity index (χ4v) is 1.84. The van der Waals surface area contributed by atoms with Crippen molar-refractivity contribution in [1.29, 1.82) is 5.26 Å². The van der Waals surface area contributed by atoms with Gasteiger partial charge in [-0.2, -0.15) is 5.26 Å². The Hall–Kier alpha value is -1.04. The Labute approximate surface area is 89.3 Å². The topological polar surface area (TPSA) is 49.8 Å². The standard InChI is InChI=1S/C11H13ClN2/c1-2-8-4-3-5-9(12)11(8)10(14)6-7-13/h3-5,10H,2,6,14H2,1H3.